The molecule has 0 spiro atoms. The summed E-state index contributed by atoms with van der Waals surface area (Å²) in [6.07, 6.45) is 0. The van der Waals surface area contributed by atoms with E-state index < -0.39 is 11.5 Å². The largest absolute Gasteiger partial charge is 0.486 e. The Morgan fingerprint density at radius 2 is 1.83 bits per heavy atom. The number of guanidine groups is 1. The van der Waals surface area contributed by atoms with Crippen molar-refractivity contribution in [2.24, 2.45) is 10.4 Å². The monoisotopic (exact) mass is 412 g/mol. The number of hydrogen-bond donors (Lipinski definition) is 0. The summed E-state index contributed by atoms with van der Waals surface area (Å²) in [7, 11) is 3.13. The number of carbonyl (C=O) groups is 3. The molecule has 3 heterocycles. The van der Waals surface area contributed by atoms with E-state index in [2.05, 4.69) is 4.99 Å². The van der Waals surface area contributed by atoms with Crippen LogP contribution < -0.4 is 9.64 Å². The molecule has 0 aliphatic carbocycles. The van der Waals surface area contributed by atoms with E-state index in [0.717, 1.165) is 10.6 Å². The fourth-order valence-corrected chi connectivity index (χ4v) is 3.67. The molecule has 9 heteroatoms. The highest BCUT2D eigenvalue weighted by molar-refractivity contribution is 6.24. The molecule has 0 bridgehead atoms. The predicted molar refractivity (Wildman–Crippen MR) is 111 cm³/mol. The average Bonchev–Trinajstić information content (AvgIpc) is 3.28. The molecule has 0 radical (unpaired) electrons. The Morgan fingerprint density at radius 1 is 1.17 bits per heavy atom. The van der Waals surface area contributed by atoms with E-state index >= 15 is 0 Å². The van der Waals surface area contributed by atoms with Gasteiger partial charge in [0.2, 0.25) is 11.9 Å². The van der Waals surface area contributed by atoms with Crippen LogP contribution >= 0.6 is 0 Å². The second-order valence-electron chi connectivity index (χ2n) is 8.71. The van der Waals surface area contributed by atoms with Crippen molar-refractivity contribution in [3.8, 4) is 5.75 Å². The van der Waals surface area contributed by atoms with Crippen LogP contribution in [0.1, 0.15) is 20.8 Å². The van der Waals surface area contributed by atoms with Crippen molar-refractivity contribution in [1.82, 2.24) is 9.80 Å². The van der Waals surface area contributed by atoms with Gasteiger partial charge in [-0.2, -0.15) is 0 Å². The Labute approximate surface area is 175 Å². The summed E-state index contributed by atoms with van der Waals surface area (Å²) in [5.74, 6) is 1.51. The van der Waals surface area contributed by atoms with Crippen LogP contribution in [0.3, 0.4) is 0 Å². The molecule has 158 valence electrons. The second-order valence-corrected chi connectivity index (χ2v) is 8.71. The van der Waals surface area contributed by atoms with E-state index in [-0.39, 0.29) is 24.3 Å². The van der Waals surface area contributed by atoms with Crippen molar-refractivity contribution in [3.63, 3.8) is 0 Å². The number of carbonyl (C=O) groups excluding carboxylic acids is 3. The summed E-state index contributed by atoms with van der Waals surface area (Å²) >= 11 is 0. The highest BCUT2D eigenvalue weighted by Crippen LogP contribution is 2.27. The molecule has 9 nitrogen and oxygen atoms in total. The minimum atomic E-state index is -0.566. The summed E-state index contributed by atoms with van der Waals surface area (Å²) in [5, 5.41) is 0. The summed E-state index contributed by atoms with van der Waals surface area (Å²) in [6.45, 7) is 6.95. The van der Waals surface area contributed by atoms with Crippen LogP contribution in [-0.4, -0.2) is 83.7 Å². The fourth-order valence-electron chi connectivity index (χ4n) is 3.67. The summed E-state index contributed by atoms with van der Waals surface area (Å²) < 4.78 is 7.55. The number of ether oxygens (including phenoxy) is 1. The zero-order chi connectivity index (χ0) is 21.8. The van der Waals surface area contributed by atoms with Crippen molar-refractivity contribution in [1.29, 1.82) is 0 Å². The Kier molecular flexibility index (Phi) is 4.63. The maximum atomic E-state index is 12.7. The van der Waals surface area contributed by atoms with Crippen molar-refractivity contribution < 1.29 is 23.7 Å². The number of amides is 3. The molecule has 0 N–H and O–H groups in total. The number of nitrogens with zero attached hydrogens (tertiary/aromatic N) is 5. The molecule has 4 rings (SSSR count). The van der Waals surface area contributed by atoms with Gasteiger partial charge < -0.3 is 4.74 Å². The third kappa shape index (κ3) is 3.14. The van der Waals surface area contributed by atoms with E-state index in [1.165, 1.54) is 11.9 Å². The number of ketones is 1. The first-order chi connectivity index (χ1) is 14.1. The van der Waals surface area contributed by atoms with Gasteiger partial charge in [-0.3, -0.25) is 19.4 Å². The number of fused-ring (bicyclic) bond motifs is 2. The van der Waals surface area contributed by atoms with Crippen LogP contribution in [0.2, 0.25) is 0 Å². The van der Waals surface area contributed by atoms with E-state index in [4.69, 9.17) is 4.74 Å². The van der Waals surface area contributed by atoms with Gasteiger partial charge in [-0.1, -0.05) is 25.8 Å². The summed E-state index contributed by atoms with van der Waals surface area (Å²) in [6, 6.07) is 6.49. The Morgan fingerprint density at radius 3 is 2.47 bits per heavy atom. The van der Waals surface area contributed by atoms with E-state index in [1.807, 2.05) is 54.5 Å². The molecule has 1 unspecified atom stereocenters. The van der Waals surface area contributed by atoms with Gasteiger partial charge in [0.05, 0.1) is 6.54 Å². The molecule has 0 saturated carbocycles. The average molecular weight is 412 g/mol. The number of rotatable bonds is 4. The van der Waals surface area contributed by atoms with Crippen LogP contribution in [0.15, 0.2) is 29.3 Å². The Hall–Kier alpha value is -3.23. The number of imide groups is 1. The number of likely N-dealkylation sites (N-methyl/N-ethyl adjacent to an activating group) is 2. The molecule has 3 aliphatic heterocycles. The van der Waals surface area contributed by atoms with Gasteiger partial charge in [-0.05, 0) is 24.3 Å². The molecule has 1 fully saturated rings. The number of anilines is 1. The van der Waals surface area contributed by atoms with E-state index in [0.29, 0.717) is 30.6 Å². The SMILES string of the molecule is CN1C(=O)C2C(=NC3=[N+]2CCN3c2ccc(OCC(=O)C(C)(C)C)cc2)N(C)C1=O. The molecule has 30 heavy (non-hydrogen) atoms. The lowest BCUT2D eigenvalue weighted by molar-refractivity contribution is -0.525. The fraction of sp³-hybridized carbons (Fsp3) is 0.476. The Bertz CT molecular complexity index is 990. The van der Waals surface area contributed by atoms with Gasteiger partial charge in [-0.15, -0.1) is 0 Å². The summed E-state index contributed by atoms with van der Waals surface area (Å²) in [4.78, 5) is 46.2. The molecular formula is C21H26N5O4+. The first-order valence-electron chi connectivity index (χ1n) is 9.90. The molecule has 0 aromatic heterocycles. The van der Waals surface area contributed by atoms with Crippen molar-refractivity contribution in [2.75, 3.05) is 38.7 Å². The van der Waals surface area contributed by atoms with Crippen molar-refractivity contribution >= 4 is 35.2 Å². The van der Waals surface area contributed by atoms with Gasteiger partial charge in [0, 0.05) is 19.5 Å². The molecule has 1 atom stereocenters. The number of amidine groups is 1. The highest BCUT2D eigenvalue weighted by atomic mass is 16.5. The molecule has 1 aromatic rings. The van der Waals surface area contributed by atoms with Crippen LogP contribution in [0, 0.1) is 5.41 Å². The van der Waals surface area contributed by atoms with Crippen LogP contribution in [0.25, 0.3) is 0 Å². The molecule has 3 amide bonds. The maximum absolute atomic E-state index is 12.7. The van der Waals surface area contributed by atoms with E-state index in [1.54, 1.807) is 7.05 Å². The normalized spacial score (nSPS) is 21.2. The van der Waals surface area contributed by atoms with E-state index in [9.17, 15) is 14.4 Å². The number of aliphatic imine (C=N–C) groups is 1. The zero-order valence-electron chi connectivity index (χ0n) is 17.9. The third-order valence-electron chi connectivity index (χ3n) is 5.67. The first kappa shape index (κ1) is 20.1. The Balaban J connectivity index is 1.52. The molecule has 3 aliphatic rings. The van der Waals surface area contributed by atoms with Crippen LogP contribution in [0.4, 0.5) is 10.5 Å². The number of Topliss-reactive ketones (excluding diaryl/α,β-unsaturated/α-hetero) is 1. The quantitative estimate of drug-likeness (QED) is 0.693. The van der Waals surface area contributed by atoms with Gasteiger partial charge in [0.25, 0.3) is 5.91 Å². The lowest BCUT2D eigenvalue weighted by atomic mass is 9.91. The minimum Gasteiger partial charge on any atom is -0.486 e. The minimum absolute atomic E-state index is 0.0308. The van der Waals surface area contributed by atoms with Crippen LogP contribution in [-0.2, 0) is 9.59 Å². The molecule has 1 saturated heterocycles. The van der Waals surface area contributed by atoms with Crippen molar-refractivity contribution in [2.45, 2.75) is 26.8 Å². The first-order valence-corrected chi connectivity index (χ1v) is 9.90. The topological polar surface area (TPSA) is 85.5 Å². The van der Waals surface area contributed by atoms with Gasteiger partial charge >= 0.3 is 12.0 Å². The lowest BCUT2D eigenvalue weighted by Gasteiger charge is -2.31. The number of hydrogen-bond acceptors (Lipinski definition) is 6. The third-order valence-corrected chi connectivity index (χ3v) is 5.67. The van der Waals surface area contributed by atoms with Gasteiger partial charge in [-0.25, -0.2) is 14.3 Å². The molecule has 1 aromatic carbocycles. The zero-order valence-corrected chi connectivity index (χ0v) is 17.9. The smallest absolute Gasteiger partial charge is 0.397 e. The van der Waals surface area contributed by atoms with Gasteiger partial charge in [0.1, 0.15) is 24.6 Å². The number of urea groups is 1. The molecular weight excluding hydrogens is 386 g/mol. The number of benzene rings is 1. The second kappa shape index (κ2) is 6.93. The lowest BCUT2D eigenvalue weighted by Crippen LogP contribution is -2.61. The summed E-state index contributed by atoms with van der Waals surface area (Å²) in [5.41, 5.74) is 0.466. The highest BCUT2D eigenvalue weighted by Gasteiger charge is 2.54. The maximum Gasteiger partial charge on any atom is 0.397 e. The standard InChI is InChI=1S/C21H26N5O4/c1-21(2,3)15(27)12-30-14-8-6-13(7-9-14)25-10-11-26-16-17(22-19(25)26)23(4)20(29)24(5)18(16)28/h6-9,16H,10-12H2,1-5H3/q+1. The van der Waals surface area contributed by atoms with Crippen LogP contribution in [0.5, 0.6) is 5.75 Å². The van der Waals surface area contributed by atoms with Gasteiger partial charge in [0.15, 0.2) is 5.78 Å². The predicted octanol–water partition coefficient (Wildman–Crippen LogP) is 1.17. The van der Waals surface area contributed by atoms with Crippen molar-refractivity contribution in [3.05, 3.63) is 24.3 Å².